The Hall–Kier alpha value is -2.05. The second-order valence-corrected chi connectivity index (χ2v) is 10.6. The number of alkyl halides is 3. The van der Waals surface area contributed by atoms with Crippen molar-refractivity contribution >= 4 is 34.3 Å². The van der Waals surface area contributed by atoms with Crippen LogP contribution in [0, 0.1) is 9.49 Å². The van der Waals surface area contributed by atoms with Crippen molar-refractivity contribution in [3.8, 4) is 0 Å². The molecular weight excluding hydrogens is 572 g/mol. The highest BCUT2D eigenvalue weighted by atomic mass is 127. The summed E-state index contributed by atoms with van der Waals surface area (Å²) in [5, 5.41) is 9.12. The summed E-state index contributed by atoms with van der Waals surface area (Å²) in [4.78, 5) is 14.1. The average Bonchev–Trinajstić information content (AvgIpc) is 2.81. The maximum atomic E-state index is 13.5. The van der Waals surface area contributed by atoms with Crippen LogP contribution in [0.15, 0.2) is 42.5 Å². The summed E-state index contributed by atoms with van der Waals surface area (Å²) in [6.45, 7) is 1.54. The Bertz CT molecular complexity index is 1050. The first-order valence-electron chi connectivity index (χ1n) is 11.7. The lowest BCUT2D eigenvalue weighted by Gasteiger charge is -2.46. The average molecular weight is 602 g/mol. The van der Waals surface area contributed by atoms with Crippen LogP contribution in [0.1, 0.15) is 41.7 Å². The number of nitrogens with one attached hydrogen (secondary N) is 3. The summed E-state index contributed by atoms with van der Waals surface area (Å²) in [7, 11) is 3.85. The zero-order valence-electron chi connectivity index (χ0n) is 19.7. The first-order valence-corrected chi connectivity index (χ1v) is 12.7. The zero-order valence-corrected chi connectivity index (χ0v) is 21.8. The third-order valence-corrected chi connectivity index (χ3v) is 7.19. The van der Waals surface area contributed by atoms with Crippen molar-refractivity contribution < 1.29 is 22.7 Å². The molecule has 0 aromatic heterocycles. The number of ether oxygens (including phenoxy) is 1. The Morgan fingerprint density at radius 3 is 2.69 bits per heavy atom. The van der Waals surface area contributed by atoms with E-state index in [0.29, 0.717) is 30.8 Å². The molecule has 1 fully saturated rings. The molecule has 2 amide bonds. The molecule has 0 saturated carbocycles. The van der Waals surface area contributed by atoms with Gasteiger partial charge in [-0.05, 0) is 85.4 Å². The topological polar surface area (TPSA) is 65.6 Å². The van der Waals surface area contributed by atoms with Crippen LogP contribution < -0.4 is 16.0 Å². The number of fused-ring (bicyclic) bond motifs is 3. The van der Waals surface area contributed by atoms with Crippen molar-refractivity contribution in [3.05, 3.63) is 62.7 Å². The minimum atomic E-state index is -4.43. The molecule has 3 N–H and O–H groups in total. The van der Waals surface area contributed by atoms with Gasteiger partial charge in [0.15, 0.2) is 0 Å². The molecule has 0 spiro atoms. The SMILES string of the molecule is CN(C)CCNC(=O)NC[C@H]1CC[C@@H]2[C@H](O1)c1cc(C(F)(F)F)ccc1N[C@H]2c1cccc(I)c1. The van der Waals surface area contributed by atoms with Gasteiger partial charge in [-0.15, -0.1) is 0 Å². The predicted molar refractivity (Wildman–Crippen MR) is 137 cm³/mol. The van der Waals surface area contributed by atoms with E-state index in [0.717, 1.165) is 28.2 Å². The van der Waals surface area contributed by atoms with Crippen LogP contribution >= 0.6 is 22.6 Å². The van der Waals surface area contributed by atoms with Gasteiger partial charge in [0.2, 0.25) is 0 Å². The quantitative estimate of drug-likeness (QED) is 0.400. The summed E-state index contributed by atoms with van der Waals surface area (Å²) in [6, 6.07) is 11.6. The van der Waals surface area contributed by atoms with E-state index in [4.69, 9.17) is 4.74 Å². The first kappa shape index (κ1) is 26.0. The molecule has 2 heterocycles. The maximum absolute atomic E-state index is 13.5. The van der Waals surface area contributed by atoms with Gasteiger partial charge in [-0.3, -0.25) is 0 Å². The molecule has 0 bridgehead atoms. The van der Waals surface area contributed by atoms with E-state index < -0.39 is 17.8 Å². The van der Waals surface area contributed by atoms with Gasteiger partial charge in [-0.1, -0.05) is 12.1 Å². The van der Waals surface area contributed by atoms with E-state index in [-0.39, 0.29) is 24.1 Å². The smallest absolute Gasteiger partial charge is 0.378 e. The van der Waals surface area contributed by atoms with Crippen molar-refractivity contribution in [3.63, 3.8) is 0 Å². The second kappa shape index (κ2) is 10.9. The van der Waals surface area contributed by atoms with Gasteiger partial charge in [-0.25, -0.2) is 4.79 Å². The number of anilines is 1. The lowest BCUT2D eigenvalue weighted by molar-refractivity contribution is -0.138. The van der Waals surface area contributed by atoms with E-state index in [2.05, 4.69) is 44.6 Å². The fraction of sp³-hybridized carbons (Fsp3) is 0.480. The molecule has 0 unspecified atom stereocenters. The van der Waals surface area contributed by atoms with Crippen molar-refractivity contribution in [2.45, 2.75) is 37.3 Å². The lowest BCUT2D eigenvalue weighted by atomic mass is 9.76. The van der Waals surface area contributed by atoms with E-state index in [1.165, 1.54) is 12.1 Å². The van der Waals surface area contributed by atoms with Gasteiger partial charge in [0.25, 0.3) is 0 Å². The van der Waals surface area contributed by atoms with Crippen molar-refractivity contribution in [1.29, 1.82) is 0 Å². The molecule has 190 valence electrons. The highest BCUT2D eigenvalue weighted by Gasteiger charge is 2.43. The Balaban J connectivity index is 1.54. The number of hydrogen-bond donors (Lipinski definition) is 3. The van der Waals surface area contributed by atoms with Gasteiger partial charge in [-0.2, -0.15) is 13.2 Å². The highest BCUT2D eigenvalue weighted by Crippen LogP contribution is 2.51. The van der Waals surface area contributed by atoms with Gasteiger partial charge >= 0.3 is 12.2 Å². The van der Waals surface area contributed by atoms with Crippen LogP contribution in [0.3, 0.4) is 0 Å². The summed E-state index contributed by atoms with van der Waals surface area (Å²) < 4.78 is 48.0. The number of likely N-dealkylation sites (N-methyl/N-ethyl adjacent to an activating group) is 1. The Morgan fingerprint density at radius 1 is 1.17 bits per heavy atom. The van der Waals surface area contributed by atoms with Crippen LogP contribution in [0.2, 0.25) is 0 Å². The standard InChI is InChI=1S/C25H30F3IN4O2/c1-33(2)11-10-30-24(34)31-14-18-7-8-19-22(15-4-3-5-17(29)12-15)32-21-9-6-16(25(26,27)28)13-20(21)23(19)35-18/h3-6,9,12-13,18-19,22-23,32H,7-8,10-11,14H2,1-2H3,(H2,30,31,34)/t18-,19+,22+,23+/m1/s1. The lowest BCUT2D eigenvalue weighted by Crippen LogP contribution is -2.46. The highest BCUT2D eigenvalue weighted by molar-refractivity contribution is 14.1. The Labute approximate surface area is 217 Å². The normalized spacial score (nSPS) is 23.7. The molecular formula is C25H30F3IN4O2. The molecule has 2 aliphatic heterocycles. The minimum Gasteiger partial charge on any atom is -0.378 e. The van der Waals surface area contributed by atoms with Crippen LogP contribution in [0.4, 0.5) is 23.7 Å². The number of halogens is 4. The monoisotopic (exact) mass is 602 g/mol. The molecule has 10 heteroatoms. The number of carbonyl (C=O) groups is 1. The summed E-state index contributed by atoms with van der Waals surface area (Å²) in [5.74, 6) is -0.0330. The number of benzene rings is 2. The van der Waals surface area contributed by atoms with E-state index >= 15 is 0 Å². The largest absolute Gasteiger partial charge is 0.416 e. The molecule has 0 aliphatic carbocycles. The van der Waals surface area contributed by atoms with Crippen LogP contribution in [0.25, 0.3) is 0 Å². The number of amides is 2. The van der Waals surface area contributed by atoms with E-state index in [1.54, 1.807) is 0 Å². The number of urea groups is 1. The summed E-state index contributed by atoms with van der Waals surface area (Å²) in [6.07, 6.45) is -3.76. The van der Waals surface area contributed by atoms with Gasteiger partial charge in [0, 0.05) is 40.4 Å². The van der Waals surface area contributed by atoms with E-state index in [1.807, 2.05) is 37.2 Å². The molecule has 0 radical (unpaired) electrons. The minimum absolute atomic E-state index is 0.0330. The van der Waals surface area contributed by atoms with Gasteiger partial charge in [0.1, 0.15) is 0 Å². The molecule has 4 rings (SSSR count). The van der Waals surface area contributed by atoms with Crippen LogP contribution in [-0.2, 0) is 10.9 Å². The molecule has 2 aromatic carbocycles. The van der Waals surface area contributed by atoms with Crippen LogP contribution in [-0.4, -0.2) is 50.8 Å². The number of carbonyl (C=O) groups excluding carboxylic acids is 1. The van der Waals surface area contributed by atoms with E-state index in [9.17, 15) is 18.0 Å². The van der Waals surface area contributed by atoms with Gasteiger partial charge < -0.3 is 25.6 Å². The fourth-order valence-corrected chi connectivity index (χ4v) is 5.34. The molecule has 2 aromatic rings. The number of hydrogen-bond acceptors (Lipinski definition) is 4. The molecule has 1 saturated heterocycles. The predicted octanol–water partition coefficient (Wildman–Crippen LogP) is 5.17. The zero-order chi connectivity index (χ0) is 25.2. The van der Waals surface area contributed by atoms with Gasteiger partial charge in [0.05, 0.1) is 23.8 Å². The summed E-state index contributed by atoms with van der Waals surface area (Å²) in [5.41, 5.74) is 1.57. The van der Waals surface area contributed by atoms with Crippen molar-refractivity contribution in [2.75, 3.05) is 39.0 Å². The van der Waals surface area contributed by atoms with Crippen molar-refractivity contribution in [1.82, 2.24) is 15.5 Å². The molecule has 4 atom stereocenters. The summed E-state index contributed by atoms with van der Waals surface area (Å²) >= 11 is 2.26. The third kappa shape index (κ3) is 6.39. The third-order valence-electron chi connectivity index (χ3n) is 6.52. The Kier molecular flexibility index (Phi) is 8.12. The number of nitrogens with zero attached hydrogens (tertiary/aromatic N) is 1. The van der Waals surface area contributed by atoms with Crippen LogP contribution in [0.5, 0.6) is 0 Å². The fourth-order valence-electron chi connectivity index (χ4n) is 4.77. The Morgan fingerprint density at radius 2 is 1.97 bits per heavy atom. The molecule has 2 aliphatic rings. The second-order valence-electron chi connectivity index (χ2n) is 9.34. The molecule has 35 heavy (non-hydrogen) atoms. The van der Waals surface area contributed by atoms with Crippen molar-refractivity contribution in [2.24, 2.45) is 5.92 Å². The number of rotatable bonds is 6. The molecule has 6 nitrogen and oxygen atoms in total. The first-order chi connectivity index (χ1) is 16.6. The maximum Gasteiger partial charge on any atom is 0.416 e.